The molecule has 2 rings (SSSR count). The fraction of sp³-hybridized carbons (Fsp3) is 0.200. The van der Waals surface area contributed by atoms with E-state index in [0.29, 0.717) is 0 Å². The van der Waals surface area contributed by atoms with Gasteiger partial charge in [-0.15, -0.1) is 23.1 Å². The summed E-state index contributed by atoms with van der Waals surface area (Å²) in [6.07, 6.45) is 3.66. The van der Waals surface area contributed by atoms with E-state index in [1.54, 1.807) is 36.2 Å². The molecule has 2 aromatic heterocycles. The Hall–Kier alpha value is -0.870. The lowest BCUT2D eigenvalue weighted by Gasteiger charge is -2.04. The Bertz CT molecular complexity index is 490. The van der Waals surface area contributed by atoms with E-state index >= 15 is 0 Å². The van der Waals surface area contributed by atoms with E-state index in [9.17, 15) is 4.79 Å². The minimum atomic E-state index is 0.0787. The summed E-state index contributed by atoms with van der Waals surface area (Å²) in [6, 6.07) is 2.02. The number of thiophene rings is 1. The van der Waals surface area contributed by atoms with Gasteiger partial charge in [0.15, 0.2) is 5.78 Å². The highest BCUT2D eigenvalue weighted by Crippen LogP contribution is 2.31. The summed E-state index contributed by atoms with van der Waals surface area (Å²) < 4.78 is 0. The molecule has 0 unspecified atom stereocenters. The molecule has 0 spiro atoms. The Morgan fingerprint density at radius 3 is 3.00 bits per heavy atom. The normalized spacial score (nSPS) is 10.7. The van der Waals surface area contributed by atoms with Crippen molar-refractivity contribution in [2.24, 2.45) is 0 Å². The largest absolute Gasteiger partial charge is 0.294 e. The highest BCUT2D eigenvalue weighted by atomic mass is 32.2. The number of thioether (sulfide) groups is 1. The summed E-state index contributed by atoms with van der Waals surface area (Å²) in [5.74, 6) is 0.0787. The predicted molar refractivity (Wildman–Crippen MR) is 61.4 cm³/mol. The molecule has 0 bridgehead atoms. The van der Waals surface area contributed by atoms with Crippen LogP contribution in [0.1, 0.15) is 17.3 Å². The number of fused-ring (bicyclic) bond motifs is 1. The van der Waals surface area contributed by atoms with Gasteiger partial charge in [-0.3, -0.25) is 4.79 Å². The lowest BCUT2D eigenvalue weighted by Crippen LogP contribution is -1.96. The van der Waals surface area contributed by atoms with Gasteiger partial charge in [0.25, 0.3) is 0 Å². The summed E-state index contributed by atoms with van der Waals surface area (Å²) in [5, 5.41) is 3.09. The molecule has 0 aliphatic carbocycles. The lowest BCUT2D eigenvalue weighted by atomic mass is 10.2. The average molecular weight is 223 g/mol. The van der Waals surface area contributed by atoms with Crippen molar-refractivity contribution in [3.05, 3.63) is 23.2 Å². The summed E-state index contributed by atoms with van der Waals surface area (Å²) in [7, 11) is 0. The molecule has 2 aromatic rings. The van der Waals surface area contributed by atoms with E-state index < -0.39 is 0 Å². The molecular weight excluding hydrogens is 214 g/mol. The van der Waals surface area contributed by atoms with Gasteiger partial charge < -0.3 is 0 Å². The van der Waals surface area contributed by atoms with Crippen LogP contribution in [0, 0.1) is 0 Å². The highest BCUT2D eigenvalue weighted by molar-refractivity contribution is 7.99. The van der Waals surface area contributed by atoms with E-state index in [2.05, 4.69) is 4.98 Å². The van der Waals surface area contributed by atoms with Gasteiger partial charge in [0, 0.05) is 22.0 Å². The highest BCUT2D eigenvalue weighted by Gasteiger charge is 2.11. The quantitative estimate of drug-likeness (QED) is 0.578. The Labute approximate surface area is 90.4 Å². The van der Waals surface area contributed by atoms with Crippen LogP contribution in [0.5, 0.6) is 0 Å². The van der Waals surface area contributed by atoms with Crippen molar-refractivity contribution >= 4 is 39.1 Å². The molecule has 0 saturated heterocycles. The topological polar surface area (TPSA) is 30.0 Å². The monoisotopic (exact) mass is 223 g/mol. The van der Waals surface area contributed by atoms with Gasteiger partial charge in [0.05, 0.1) is 0 Å². The molecule has 0 aliphatic rings. The van der Waals surface area contributed by atoms with Crippen LogP contribution in [-0.2, 0) is 0 Å². The molecule has 0 radical (unpaired) electrons. The molecule has 0 amide bonds. The van der Waals surface area contributed by atoms with Gasteiger partial charge in [-0.05, 0) is 24.6 Å². The first-order valence-corrected chi connectivity index (χ1v) is 6.25. The van der Waals surface area contributed by atoms with Crippen LogP contribution < -0.4 is 0 Å². The van der Waals surface area contributed by atoms with Gasteiger partial charge in [-0.1, -0.05) is 0 Å². The van der Waals surface area contributed by atoms with Crippen LogP contribution in [-0.4, -0.2) is 17.0 Å². The molecule has 72 valence electrons. The van der Waals surface area contributed by atoms with Crippen LogP contribution in [0.3, 0.4) is 0 Å². The molecule has 14 heavy (non-hydrogen) atoms. The molecule has 0 fully saturated rings. The fourth-order valence-corrected chi connectivity index (χ4v) is 2.98. The van der Waals surface area contributed by atoms with E-state index in [1.807, 2.05) is 17.7 Å². The van der Waals surface area contributed by atoms with Gasteiger partial charge in [-0.2, -0.15) is 0 Å². The first-order valence-electron chi connectivity index (χ1n) is 4.15. The first kappa shape index (κ1) is 9.68. The minimum Gasteiger partial charge on any atom is -0.294 e. The van der Waals surface area contributed by atoms with Gasteiger partial charge in [0.2, 0.25) is 0 Å². The molecule has 2 nitrogen and oxygen atoms in total. The number of hydrogen-bond acceptors (Lipinski definition) is 4. The average Bonchev–Trinajstić information content (AvgIpc) is 2.63. The van der Waals surface area contributed by atoms with Crippen LogP contribution >= 0.6 is 23.1 Å². The zero-order valence-corrected chi connectivity index (χ0v) is 9.54. The third-order valence-corrected chi connectivity index (χ3v) is 3.70. The van der Waals surface area contributed by atoms with Crippen LogP contribution in [0.25, 0.3) is 10.2 Å². The second-order valence-corrected chi connectivity index (χ2v) is 4.61. The summed E-state index contributed by atoms with van der Waals surface area (Å²) in [6.45, 7) is 1.58. The number of Topliss-reactive ketones (excluding diaryl/α,β-unsaturated/α-hetero) is 1. The van der Waals surface area contributed by atoms with Crippen molar-refractivity contribution in [2.75, 3.05) is 6.26 Å². The number of carbonyl (C=O) groups is 1. The summed E-state index contributed by atoms with van der Waals surface area (Å²) in [5.41, 5.74) is 0.725. The molecule has 4 heteroatoms. The minimum absolute atomic E-state index is 0.0787. The number of rotatable bonds is 2. The van der Waals surface area contributed by atoms with Crippen LogP contribution in [0.15, 0.2) is 22.5 Å². The maximum Gasteiger partial charge on any atom is 0.162 e. The predicted octanol–water partition coefficient (Wildman–Crippen LogP) is 3.22. The second-order valence-electron chi connectivity index (χ2n) is 2.90. The smallest absolute Gasteiger partial charge is 0.162 e. The summed E-state index contributed by atoms with van der Waals surface area (Å²) in [4.78, 5) is 17.6. The summed E-state index contributed by atoms with van der Waals surface area (Å²) >= 11 is 3.21. The van der Waals surface area contributed by atoms with Crippen molar-refractivity contribution in [1.82, 2.24) is 4.98 Å². The van der Waals surface area contributed by atoms with Crippen LogP contribution in [0.2, 0.25) is 0 Å². The Morgan fingerprint density at radius 2 is 2.36 bits per heavy atom. The molecule has 0 saturated carbocycles. The standard InChI is InChI=1S/C10H9NOS2/c1-6(12)8-5-11-10-7(3-4-14-10)9(8)13-2/h3-5H,1-2H3. The van der Waals surface area contributed by atoms with Crippen LogP contribution in [0.4, 0.5) is 0 Å². The van der Waals surface area contributed by atoms with Crippen molar-refractivity contribution in [3.63, 3.8) is 0 Å². The third kappa shape index (κ3) is 1.44. The molecular formula is C10H9NOS2. The Balaban J connectivity index is 2.78. The zero-order valence-electron chi connectivity index (χ0n) is 7.90. The molecule has 0 atom stereocenters. The van der Waals surface area contributed by atoms with Gasteiger partial charge in [-0.25, -0.2) is 4.98 Å². The number of carbonyl (C=O) groups excluding carboxylic acids is 1. The Morgan fingerprint density at radius 1 is 1.57 bits per heavy atom. The number of ketones is 1. The number of nitrogens with zero attached hydrogens (tertiary/aromatic N) is 1. The number of aromatic nitrogens is 1. The van der Waals surface area contributed by atoms with E-state index in [4.69, 9.17) is 0 Å². The van der Waals surface area contributed by atoms with E-state index in [1.165, 1.54) is 0 Å². The zero-order chi connectivity index (χ0) is 10.1. The molecule has 0 N–H and O–H groups in total. The van der Waals surface area contributed by atoms with Crippen molar-refractivity contribution in [3.8, 4) is 0 Å². The first-order chi connectivity index (χ1) is 6.74. The second kappa shape index (κ2) is 3.71. The maximum atomic E-state index is 11.3. The van der Waals surface area contributed by atoms with E-state index in [0.717, 1.165) is 20.7 Å². The van der Waals surface area contributed by atoms with Gasteiger partial charge >= 0.3 is 0 Å². The molecule has 0 aromatic carbocycles. The maximum absolute atomic E-state index is 11.3. The Kier molecular flexibility index (Phi) is 2.56. The SMILES string of the molecule is CSc1c(C(C)=O)cnc2sccc12. The fourth-order valence-electron chi connectivity index (χ4n) is 1.37. The third-order valence-electron chi connectivity index (χ3n) is 2.03. The number of pyridine rings is 1. The van der Waals surface area contributed by atoms with Crippen molar-refractivity contribution in [1.29, 1.82) is 0 Å². The van der Waals surface area contributed by atoms with Gasteiger partial charge in [0.1, 0.15) is 4.83 Å². The van der Waals surface area contributed by atoms with E-state index in [-0.39, 0.29) is 5.78 Å². The van der Waals surface area contributed by atoms with Crippen molar-refractivity contribution in [2.45, 2.75) is 11.8 Å². The lowest BCUT2D eigenvalue weighted by molar-refractivity contribution is 0.101. The molecule has 0 aliphatic heterocycles. The molecule has 2 heterocycles. The number of hydrogen-bond donors (Lipinski definition) is 0. The van der Waals surface area contributed by atoms with Crippen molar-refractivity contribution < 1.29 is 4.79 Å².